The molecule has 2 aromatic heterocycles. The predicted molar refractivity (Wildman–Crippen MR) is 156 cm³/mol. The van der Waals surface area contributed by atoms with Crippen LogP contribution in [0.3, 0.4) is 0 Å². The first-order valence-electron chi connectivity index (χ1n) is 13.7. The van der Waals surface area contributed by atoms with E-state index in [1.165, 1.54) is 0 Å². The lowest BCUT2D eigenvalue weighted by atomic mass is 10.1. The van der Waals surface area contributed by atoms with E-state index in [1.54, 1.807) is 53.1 Å². The van der Waals surface area contributed by atoms with Crippen molar-refractivity contribution < 1.29 is 9.59 Å². The molecule has 5 rings (SSSR count). The van der Waals surface area contributed by atoms with Crippen molar-refractivity contribution in [1.82, 2.24) is 19.3 Å². The summed E-state index contributed by atoms with van der Waals surface area (Å²) < 4.78 is 3.59. The lowest BCUT2D eigenvalue weighted by Gasteiger charge is -2.30. The van der Waals surface area contributed by atoms with Gasteiger partial charge in [-0.1, -0.05) is 73.8 Å². The Balaban J connectivity index is 1.52. The minimum atomic E-state index is -0.945. The maximum atomic E-state index is 13.6. The van der Waals surface area contributed by atoms with Gasteiger partial charge in [0.25, 0.3) is 5.56 Å². The first-order chi connectivity index (χ1) is 19.4. The summed E-state index contributed by atoms with van der Waals surface area (Å²) >= 11 is 6.07. The van der Waals surface area contributed by atoms with Gasteiger partial charge in [-0.25, -0.2) is 4.98 Å². The molecule has 9 nitrogen and oxygen atoms in total. The quantitative estimate of drug-likeness (QED) is 0.280. The van der Waals surface area contributed by atoms with Crippen molar-refractivity contribution >= 4 is 35.0 Å². The number of halogens is 1. The number of anilines is 1. The molecular formula is C30H33ClN6O3. The summed E-state index contributed by atoms with van der Waals surface area (Å²) in [5.74, 6) is 0.237. The fourth-order valence-electron chi connectivity index (χ4n) is 5.33. The molecule has 10 heteroatoms. The lowest BCUT2D eigenvalue weighted by molar-refractivity contribution is -0.128. The molecule has 208 valence electrons. The number of amides is 2. The van der Waals surface area contributed by atoms with Crippen LogP contribution in [0.25, 0.3) is 17.0 Å². The Labute approximate surface area is 237 Å². The molecule has 40 heavy (non-hydrogen) atoms. The van der Waals surface area contributed by atoms with Crippen LogP contribution in [0, 0.1) is 0 Å². The van der Waals surface area contributed by atoms with E-state index in [2.05, 4.69) is 12.2 Å². The number of imidazole rings is 1. The number of carbonyl (C=O) groups is 2. The molecule has 2 amide bonds. The summed E-state index contributed by atoms with van der Waals surface area (Å²) in [4.78, 5) is 46.0. The first-order valence-corrected chi connectivity index (χ1v) is 14.1. The predicted octanol–water partition coefficient (Wildman–Crippen LogP) is 4.32. The molecule has 0 radical (unpaired) electrons. The van der Waals surface area contributed by atoms with Gasteiger partial charge in [-0.2, -0.15) is 0 Å². The summed E-state index contributed by atoms with van der Waals surface area (Å²) in [6.07, 6.45) is 6.05. The Hall–Kier alpha value is -4.11. The average Bonchev–Trinajstić information content (AvgIpc) is 3.62. The van der Waals surface area contributed by atoms with Crippen molar-refractivity contribution in [3.05, 3.63) is 87.8 Å². The topological polar surface area (TPSA) is 115 Å². The zero-order valence-electron chi connectivity index (χ0n) is 22.4. The minimum absolute atomic E-state index is 0.227. The van der Waals surface area contributed by atoms with Gasteiger partial charge in [-0.15, -0.1) is 0 Å². The number of aryl methyl sites for hydroxylation is 1. The van der Waals surface area contributed by atoms with E-state index in [1.807, 2.05) is 27.7 Å². The molecular weight excluding hydrogens is 528 g/mol. The van der Waals surface area contributed by atoms with E-state index in [0.717, 1.165) is 31.2 Å². The molecule has 3 N–H and O–H groups in total. The van der Waals surface area contributed by atoms with E-state index in [-0.39, 0.29) is 11.5 Å². The molecule has 0 aliphatic carbocycles. The average molecular weight is 561 g/mol. The largest absolute Gasteiger partial charge is 0.368 e. The number of primary amides is 1. The van der Waals surface area contributed by atoms with Gasteiger partial charge in [0, 0.05) is 35.9 Å². The number of rotatable bonds is 10. The van der Waals surface area contributed by atoms with Crippen LogP contribution in [0.2, 0.25) is 5.02 Å². The first kappa shape index (κ1) is 27.5. The Morgan fingerprint density at radius 2 is 1.88 bits per heavy atom. The van der Waals surface area contributed by atoms with Crippen LogP contribution >= 0.6 is 11.6 Å². The van der Waals surface area contributed by atoms with Crippen LogP contribution < -0.4 is 21.5 Å². The van der Waals surface area contributed by atoms with Crippen molar-refractivity contribution in [2.45, 2.75) is 57.7 Å². The molecule has 1 fully saturated rings. The summed E-state index contributed by atoms with van der Waals surface area (Å²) in [6, 6.07) is 16.4. The summed E-state index contributed by atoms with van der Waals surface area (Å²) in [5.41, 5.74) is 7.58. The van der Waals surface area contributed by atoms with Crippen molar-refractivity contribution in [2.75, 3.05) is 11.4 Å². The summed E-state index contributed by atoms with van der Waals surface area (Å²) in [5, 5.41) is 3.48. The normalized spacial score (nSPS) is 15.8. The monoisotopic (exact) mass is 560 g/mol. The van der Waals surface area contributed by atoms with Crippen molar-refractivity contribution in [3.63, 3.8) is 0 Å². The molecule has 2 aromatic carbocycles. The van der Waals surface area contributed by atoms with Gasteiger partial charge in [0.15, 0.2) is 0 Å². The highest BCUT2D eigenvalue weighted by molar-refractivity contribution is 6.30. The lowest BCUT2D eigenvalue weighted by Crippen LogP contribution is -2.48. The van der Waals surface area contributed by atoms with Crippen LogP contribution in [0.1, 0.15) is 50.6 Å². The Bertz CT molecular complexity index is 1560. The molecule has 0 bridgehead atoms. The van der Waals surface area contributed by atoms with E-state index in [0.29, 0.717) is 47.4 Å². The van der Waals surface area contributed by atoms with Gasteiger partial charge in [-0.05, 0) is 37.0 Å². The SMILES string of the molecule is CCCCCn1c(N2CCC[C@H]2C(=O)NC(C(N)=O)c2ccccc2)cc(=O)n2cc(-c3ccc(Cl)cc3)nc12. The van der Waals surface area contributed by atoms with E-state index in [9.17, 15) is 14.4 Å². The summed E-state index contributed by atoms with van der Waals surface area (Å²) in [6.45, 7) is 3.38. The number of hydrogen-bond acceptors (Lipinski definition) is 5. The minimum Gasteiger partial charge on any atom is -0.368 e. The number of nitrogens with two attached hydrogens (primary N) is 1. The molecule has 3 heterocycles. The molecule has 4 aromatic rings. The second-order valence-corrected chi connectivity index (χ2v) is 10.5. The Kier molecular flexibility index (Phi) is 8.21. The van der Waals surface area contributed by atoms with Crippen molar-refractivity contribution in [3.8, 4) is 11.3 Å². The second-order valence-electron chi connectivity index (χ2n) is 10.1. The third-order valence-corrected chi connectivity index (χ3v) is 7.63. The zero-order chi connectivity index (χ0) is 28.2. The van der Waals surface area contributed by atoms with Gasteiger partial charge in [0.2, 0.25) is 17.6 Å². The van der Waals surface area contributed by atoms with Gasteiger partial charge in [0.1, 0.15) is 17.9 Å². The second kappa shape index (κ2) is 12.0. The highest BCUT2D eigenvalue weighted by Crippen LogP contribution is 2.29. The van der Waals surface area contributed by atoms with Crippen molar-refractivity contribution in [1.29, 1.82) is 0 Å². The van der Waals surface area contributed by atoms with E-state index >= 15 is 0 Å². The highest BCUT2D eigenvalue weighted by atomic mass is 35.5. The van der Waals surface area contributed by atoms with E-state index in [4.69, 9.17) is 22.3 Å². The van der Waals surface area contributed by atoms with Crippen LogP contribution in [-0.4, -0.2) is 38.4 Å². The van der Waals surface area contributed by atoms with Crippen LogP contribution in [0.5, 0.6) is 0 Å². The number of aromatic nitrogens is 3. The van der Waals surface area contributed by atoms with Crippen LogP contribution in [0.4, 0.5) is 5.82 Å². The Morgan fingerprint density at radius 1 is 1.12 bits per heavy atom. The van der Waals surface area contributed by atoms with Gasteiger partial charge in [-0.3, -0.25) is 23.4 Å². The number of carbonyl (C=O) groups excluding carboxylic acids is 2. The molecule has 2 atom stereocenters. The maximum absolute atomic E-state index is 13.6. The molecule has 0 saturated carbocycles. The molecule has 0 spiro atoms. The number of unbranched alkanes of at least 4 members (excludes halogenated alkanes) is 2. The highest BCUT2D eigenvalue weighted by Gasteiger charge is 2.35. The van der Waals surface area contributed by atoms with Crippen LogP contribution in [0.15, 0.2) is 71.7 Å². The third kappa shape index (κ3) is 5.60. The number of benzene rings is 2. The van der Waals surface area contributed by atoms with Crippen LogP contribution in [-0.2, 0) is 16.1 Å². The molecule has 1 aliphatic rings. The molecule has 1 saturated heterocycles. The van der Waals surface area contributed by atoms with Gasteiger partial charge >= 0.3 is 0 Å². The smallest absolute Gasteiger partial charge is 0.261 e. The zero-order valence-corrected chi connectivity index (χ0v) is 23.2. The fourth-order valence-corrected chi connectivity index (χ4v) is 5.46. The third-order valence-electron chi connectivity index (χ3n) is 7.37. The Morgan fingerprint density at radius 3 is 2.58 bits per heavy atom. The maximum Gasteiger partial charge on any atom is 0.261 e. The summed E-state index contributed by atoms with van der Waals surface area (Å²) in [7, 11) is 0. The fraction of sp³-hybridized carbons (Fsp3) is 0.333. The van der Waals surface area contributed by atoms with Gasteiger partial charge < -0.3 is 16.0 Å². The number of fused-ring (bicyclic) bond motifs is 1. The van der Waals surface area contributed by atoms with E-state index < -0.39 is 18.0 Å². The van der Waals surface area contributed by atoms with Crippen molar-refractivity contribution in [2.24, 2.45) is 5.73 Å². The number of hydrogen-bond donors (Lipinski definition) is 2. The standard InChI is InChI=1S/C30H33ClN6O3/c1-2-3-7-16-36-25(18-26(38)37-19-23(33-30(36)37)20-12-14-22(31)15-13-20)35-17-8-11-24(35)29(40)34-27(28(32)39)21-9-5-4-6-10-21/h4-6,9-10,12-15,18-19,24,27H,2-3,7-8,11,16-17H2,1H3,(H2,32,39)(H,34,40)/t24-,27?/m0/s1. The van der Waals surface area contributed by atoms with Gasteiger partial charge in [0.05, 0.1) is 5.69 Å². The number of nitrogens with zero attached hydrogens (tertiary/aromatic N) is 4. The molecule has 1 aliphatic heterocycles. The molecule has 1 unspecified atom stereocenters. The number of nitrogens with one attached hydrogen (secondary N) is 1.